The molecule has 5 nitrogen and oxygen atoms in total. The van der Waals surface area contributed by atoms with Crippen molar-refractivity contribution in [3.63, 3.8) is 0 Å². The molecule has 0 aliphatic rings. The highest BCUT2D eigenvalue weighted by atomic mass is 16.2. The number of H-pyrrole nitrogens is 1. The summed E-state index contributed by atoms with van der Waals surface area (Å²) in [6.07, 6.45) is 2.60. The van der Waals surface area contributed by atoms with Crippen LogP contribution in [-0.2, 0) is 18.3 Å². The SMILES string of the molecule is CC(C=O)Cc1cn(C)c(=O)[nH]c1=O. The smallest absolute Gasteiger partial charge is 0.303 e. The lowest BCUT2D eigenvalue weighted by molar-refractivity contribution is -0.110. The second kappa shape index (κ2) is 4.04. The topological polar surface area (TPSA) is 71.9 Å². The molecule has 0 radical (unpaired) electrons. The van der Waals surface area contributed by atoms with Crippen molar-refractivity contribution >= 4 is 6.29 Å². The van der Waals surface area contributed by atoms with Crippen LogP contribution in [0, 0.1) is 5.92 Å². The minimum atomic E-state index is -0.447. The van der Waals surface area contributed by atoms with Crippen molar-refractivity contribution in [1.29, 1.82) is 0 Å². The monoisotopic (exact) mass is 196 g/mol. The summed E-state index contributed by atoms with van der Waals surface area (Å²) in [6, 6.07) is 0. The minimum absolute atomic E-state index is 0.214. The van der Waals surface area contributed by atoms with E-state index >= 15 is 0 Å². The number of aromatic amines is 1. The summed E-state index contributed by atoms with van der Waals surface area (Å²) in [6.45, 7) is 1.72. The fraction of sp³-hybridized carbons (Fsp3) is 0.444. The standard InChI is InChI=1S/C9H12N2O3/c1-6(5-12)3-7-4-11(2)9(14)10-8(7)13/h4-6H,3H2,1-2H3,(H,10,13,14). The average Bonchev–Trinajstić information content (AvgIpc) is 2.14. The minimum Gasteiger partial charge on any atom is -0.303 e. The Labute approximate surface area is 80.4 Å². The number of nitrogens with zero attached hydrogens (tertiary/aromatic N) is 1. The van der Waals surface area contributed by atoms with Gasteiger partial charge in [0.2, 0.25) is 0 Å². The largest absolute Gasteiger partial charge is 0.328 e. The first-order valence-corrected chi connectivity index (χ1v) is 4.28. The van der Waals surface area contributed by atoms with Gasteiger partial charge in [-0.15, -0.1) is 0 Å². The maximum Gasteiger partial charge on any atom is 0.328 e. The molecule has 0 aromatic carbocycles. The number of rotatable bonds is 3. The predicted octanol–water partition coefficient (Wildman–Crippen LogP) is -0.549. The van der Waals surface area contributed by atoms with E-state index < -0.39 is 11.2 Å². The lowest BCUT2D eigenvalue weighted by atomic mass is 10.1. The molecule has 0 fully saturated rings. The van der Waals surface area contributed by atoms with E-state index in [9.17, 15) is 14.4 Å². The van der Waals surface area contributed by atoms with Crippen LogP contribution < -0.4 is 11.2 Å². The van der Waals surface area contributed by atoms with E-state index in [0.717, 1.165) is 6.29 Å². The van der Waals surface area contributed by atoms with Crippen molar-refractivity contribution in [3.05, 3.63) is 32.6 Å². The molecular formula is C9H12N2O3. The molecule has 1 rings (SSSR count). The first kappa shape index (κ1) is 10.4. The molecule has 1 aromatic heterocycles. The average molecular weight is 196 g/mol. The summed E-state index contributed by atoms with van der Waals surface area (Å²) in [5.41, 5.74) is -0.411. The van der Waals surface area contributed by atoms with Gasteiger partial charge in [0.25, 0.3) is 5.56 Å². The molecule has 0 aliphatic carbocycles. The molecule has 1 heterocycles. The highest BCUT2D eigenvalue weighted by Gasteiger charge is 2.07. The summed E-state index contributed by atoms with van der Waals surface area (Å²) >= 11 is 0. The Bertz CT molecular complexity index is 444. The summed E-state index contributed by atoms with van der Waals surface area (Å²) < 4.78 is 1.29. The Morgan fingerprint density at radius 2 is 2.21 bits per heavy atom. The van der Waals surface area contributed by atoms with Crippen LogP contribution in [0.4, 0.5) is 0 Å². The maximum absolute atomic E-state index is 11.3. The van der Waals surface area contributed by atoms with Crippen LogP contribution in [0.2, 0.25) is 0 Å². The normalized spacial score (nSPS) is 12.4. The van der Waals surface area contributed by atoms with Crippen molar-refractivity contribution in [2.75, 3.05) is 0 Å². The van der Waals surface area contributed by atoms with Gasteiger partial charge in [-0.2, -0.15) is 0 Å². The number of hydrogen-bond donors (Lipinski definition) is 1. The molecular weight excluding hydrogens is 184 g/mol. The molecule has 1 N–H and O–H groups in total. The highest BCUT2D eigenvalue weighted by molar-refractivity contribution is 5.53. The van der Waals surface area contributed by atoms with Gasteiger partial charge < -0.3 is 9.36 Å². The molecule has 0 spiro atoms. The van der Waals surface area contributed by atoms with E-state index in [4.69, 9.17) is 0 Å². The Hall–Kier alpha value is -1.65. The molecule has 0 amide bonds. The third kappa shape index (κ3) is 2.18. The van der Waals surface area contributed by atoms with E-state index in [1.54, 1.807) is 14.0 Å². The van der Waals surface area contributed by atoms with Gasteiger partial charge in [0.1, 0.15) is 6.29 Å². The fourth-order valence-corrected chi connectivity index (χ4v) is 1.16. The van der Waals surface area contributed by atoms with Gasteiger partial charge in [-0.25, -0.2) is 4.79 Å². The second-order valence-corrected chi connectivity index (χ2v) is 3.34. The zero-order chi connectivity index (χ0) is 10.7. The molecule has 14 heavy (non-hydrogen) atoms. The van der Waals surface area contributed by atoms with Crippen molar-refractivity contribution in [1.82, 2.24) is 9.55 Å². The van der Waals surface area contributed by atoms with Crippen molar-refractivity contribution in [3.8, 4) is 0 Å². The van der Waals surface area contributed by atoms with Crippen molar-refractivity contribution < 1.29 is 4.79 Å². The molecule has 0 bridgehead atoms. The number of aromatic nitrogens is 2. The first-order valence-electron chi connectivity index (χ1n) is 4.28. The van der Waals surface area contributed by atoms with E-state index in [1.165, 1.54) is 10.8 Å². The van der Waals surface area contributed by atoms with Gasteiger partial charge in [0, 0.05) is 24.7 Å². The Morgan fingerprint density at radius 1 is 1.57 bits per heavy atom. The predicted molar refractivity (Wildman–Crippen MR) is 51.2 cm³/mol. The van der Waals surface area contributed by atoms with E-state index in [-0.39, 0.29) is 5.92 Å². The lowest BCUT2D eigenvalue weighted by Gasteiger charge is -2.03. The molecule has 0 saturated carbocycles. The number of hydrogen-bond acceptors (Lipinski definition) is 3. The number of aryl methyl sites for hydroxylation is 1. The van der Waals surface area contributed by atoms with Gasteiger partial charge in [-0.3, -0.25) is 9.78 Å². The number of carbonyl (C=O) groups excluding carboxylic acids is 1. The highest BCUT2D eigenvalue weighted by Crippen LogP contribution is 1.99. The van der Waals surface area contributed by atoms with Crippen LogP contribution >= 0.6 is 0 Å². The number of nitrogens with one attached hydrogen (secondary N) is 1. The molecule has 0 saturated heterocycles. The van der Waals surface area contributed by atoms with Crippen LogP contribution in [-0.4, -0.2) is 15.8 Å². The molecule has 1 atom stereocenters. The molecule has 0 aliphatic heterocycles. The van der Waals surface area contributed by atoms with Gasteiger partial charge in [-0.1, -0.05) is 6.92 Å². The fourth-order valence-electron chi connectivity index (χ4n) is 1.16. The molecule has 76 valence electrons. The summed E-state index contributed by atoms with van der Waals surface area (Å²) in [7, 11) is 1.55. The van der Waals surface area contributed by atoms with Crippen molar-refractivity contribution in [2.45, 2.75) is 13.3 Å². The zero-order valence-electron chi connectivity index (χ0n) is 8.11. The van der Waals surface area contributed by atoms with Crippen LogP contribution in [0.1, 0.15) is 12.5 Å². The molecule has 1 unspecified atom stereocenters. The maximum atomic E-state index is 11.3. The van der Waals surface area contributed by atoms with E-state index in [0.29, 0.717) is 12.0 Å². The number of aldehydes is 1. The Balaban J connectivity index is 3.10. The van der Waals surface area contributed by atoms with Gasteiger partial charge in [0.05, 0.1) is 0 Å². The first-order chi connectivity index (χ1) is 6.54. The summed E-state index contributed by atoms with van der Waals surface area (Å²) in [5.74, 6) is -0.214. The van der Waals surface area contributed by atoms with E-state index in [2.05, 4.69) is 4.98 Å². The Kier molecular flexibility index (Phi) is 3.01. The van der Waals surface area contributed by atoms with E-state index in [1.807, 2.05) is 0 Å². The lowest BCUT2D eigenvalue weighted by Crippen LogP contribution is -2.30. The van der Waals surface area contributed by atoms with Gasteiger partial charge in [-0.05, 0) is 6.42 Å². The van der Waals surface area contributed by atoms with Crippen LogP contribution in [0.25, 0.3) is 0 Å². The number of carbonyl (C=O) groups is 1. The third-order valence-electron chi connectivity index (χ3n) is 1.96. The van der Waals surface area contributed by atoms with Gasteiger partial charge in [0.15, 0.2) is 0 Å². The molecule has 5 heteroatoms. The zero-order valence-corrected chi connectivity index (χ0v) is 8.11. The summed E-state index contributed by atoms with van der Waals surface area (Å²) in [5, 5.41) is 0. The molecule has 1 aromatic rings. The Morgan fingerprint density at radius 3 is 2.79 bits per heavy atom. The summed E-state index contributed by atoms with van der Waals surface area (Å²) in [4.78, 5) is 34.8. The second-order valence-electron chi connectivity index (χ2n) is 3.34. The van der Waals surface area contributed by atoms with Crippen LogP contribution in [0.15, 0.2) is 15.8 Å². The van der Waals surface area contributed by atoms with Crippen molar-refractivity contribution in [2.24, 2.45) is 13.0 Å². The van der Waals surface area contributed by atoms with Crippen LogP contribution in [0.5, 0.6) is 0 Å². The van der Waals surface area contributed by atoms with Crippen LogP contribution in [0.3, 0.4) is 0 Å². The van der Waals surface area contributed by atoms with Gasteiger partial charge >= 0.3 is 5.69 Å². The quantitative estimate of drug-likeness (QED) is 0.659. The third-order valence-corrected chi connectivity index (χ3v) is 1.96.